The van der Waals surface area contributed by atoms with Crippen LogP contribution in [0.4, 0.5) is 5.82 Å². The Morgan fingerprint density at radius 2 is 1.95 bits per heavy atom. The number of H-pyrrole nitrogens is 1. The second-order valence-electron chi connectivity index (χ2n) is 4.39. The van der Waals surface area contributed by atoms with Crippen LogP contribution in [0, 0.1) is 0 Å². The van der Waals surface area contributed by atoms with E-state index in [1.807, 2.05) is 48.5 Å². The lowest BCUT2D eigenvalue weighted by molar-refractivity contribution is -0.113. The number of fused-ring (bicyclic) bond motifs is 1. The number of carbonyl (C=O) groups excluding carboxylic acids is 1. The third kappa shape index (κ3) is 3.20. The number of nitrogens with zero attached hydrogens (tertiary/aromatic N) is 1. The van der Waals surface area contributed by atoms with Crippen LogP contribution in [0.5, 0.6) is 0 Å². The van der Waals surface area contributed by atoms with Gasteiger partial charge in [-0.1, -0.05) is 35.9 Å². The van der Waals surface area contributed by atoms with Crippen molar-refractivity contribution >= 4 is 46.0 Å². The molecule has 2 N–H and O–H groups in total. The number of hydrogen-bond acceptors (Lipinski definition) is 3. The molecule has 0 aliphatic heterocycles. The Hall–Kier alpha value is -1.98. The highest BCUT2D eigenvalue weighted by Gasteiger charge is 2.10. The van der Waals surface area contributed by atoms with E-state index in [9.17, 15) is 4.79 Å². The highest BCUT2D eigenvalue weighted by atomic mass is 35.5. The number of nitrogens with one attached hydrogen (secondary N) is 2. The number of para-hydroxylation sites is 1. The molecule has 0 saturated carbocycles. The van der Waals surface area contributed by atoms with E-state index in [0.29, 0.717) is 10.8 Å². The van der Waals surface area contributed by atoms with E-state index in [4.69, 9.17) is 11.6 Å². The molecule has 3 rings (SSSR count). The number of anilines is 1. The van der Waals surface area contributed by atoms with Gasteiger partial charge in [-0.3, -0.25) is 9.89 Å². The van der Waals surface area contributed by atoms with Gasteiger partial charge in [-0.25, -0.2) is 0 Å². The second-order valence-corrected chi connectivity index (χ2v) is 5.81. The van der Waals surface area contributed by atoms with Crippen LogP contribution >= 0.6 is 23.4 Å². The maximum Gasteiger partial charge on any atom is 0.235 e. The fourth-order valence-corrected chi connectivity index (χ4v) is 2.97. The first-order valence-corrected chi connectivity index (χ1v) is 7.70. The number of amides is 1. The minimum atomic E-state index is -0.114. The van der Waals surface area contributed by atoms with Crippen molar-refractivity contribution in [2.24, 2.45) is 0 Å². The molecule has 6 heteroatoms. The Morgan fingerprint density at radius 1 is 1.19 bits per heavy atom. The molecule has 0 radical (unpaired) electrons. The minimum Gasteiger partial charge on any atom is -0.308 e. The summed E-state index contributed by atoms with van der Waals surface area (Å²) in [6.45, 7) is 0. The SMILES string of the molecule is O=C(CSc1ccccc1Cl)Nc1n[nH]c2ccccc12. The van der Waals surface area contributed by atoms with Crippen LogP contribution in [-0.4, -0.2) is 21.9 Å². The highest BCUT2D eigenvalue weighted by molar-refractivity contribution is 8.00. The van der Waals surface area contributed by atoms with Crippen molar-refractivity contribution < 1.29 is 4.79 Å². The first-order chi connectivity index (χ1) is 10.2. The molecular formula is C15H12ClN3OS. The molecule has 0 spiro atoms. The number of hydrogen-bond donors (Lipinski definition) is 2. The largest absolute Gasteiger partial charge is 0.308 e. The molecule has 3 aromatic rings. The Kier molecular flexibility index (Phi) is 4.13. The molecule has 0 aliphatic rings. The van der Waals surface area contributed by atoms with Gasteiger partial charge in [0, 0.05) is 10.3 Å². The summed E-state index contributed by atoms with van der Waals surface area (Å²) in [4.78, 5) is 12.9. The molecule has 0 bridgehead atoms. The maximum absolute atomic E-state index is 12.0. The van der Waals surface area contributed by atoms with E-state index in [1.54, 1.807) is 0 Å². The standard InChI is InChI=1S/C15H12ClN3OS/c16-11-6-2-4-8-13(11)21-9-14(20)17-15-10-5-1-3-7-12(10)18-19-15/h1-8H,9H2,(H2,17,18,19,20). The van der Waals surface area contributed by atoms with Crippen molar-refractivity contribution in [1.82, 2.24) is 10.2 Å². The number of aromatic nitrogens is 2. The molecular weight excluding hydrogens is 306 g/mol. The van der Waals surface area contributed by atoms with Gasteiger partial charge < -0.3 is 5.32 Å². The van der Waals surface area contributed by atoms with E-state index >= 15 is 0 Å². The molecule has 1 amide bonds. The summed E-state index contributed by atoms with van der Waals surface area (Å²) in [5.41, 5.74) is 0.895. The van der Waals surface area contributed by atoms with Crippen LogP contribution < -0.4 is 5.32 Å². The summed E-state index contributed by atoms with van der Waals surface area (Å²) in [6, 6.07) is 15.1. The zero-order valence-electron chi connectivity index (χ0n) is 11.0. The van der Waals surface area contributed by atoms with Gasteiger partial charge >= 0.3 is 0 Å². The zero-order chi connectivity index (χ0) is 14.7. The Bertz CT molecular complexity index is 787. The predicted molar refractivity (Wildman–Crippen MR) is 86.9 cm³/mol. The summed E-state index contributed by atoms with van der Waals surface area (Å²) in [7, 11) is 0. The van der Waals surface area contributed by atoms with Crippen LogP contribution in [0.25, 0.3) is 10.9 Å². The third-order valence-electron chi connectivity index (χ3n) is 2.92. The third-order valence-corrected chi connectivity index (χ3v) is 4.44. The van der Waals surface area contributed by atoms with Crippen molar-refractivity contribution in [3.63, 3.8) is 0 Å². The lowest BCUT2D eigenvalue weighted by atomic mass is 10.2. The number of thioether (sulfide) groups is 1. The van der Waals surface area contributed by atoms with Gasteiger partial charge in [-0.2, -0.15) is 5.10 Å². The van der Waals surface area contributed by atoms with Gasteiger partial charge in [0.15, 0.2) is 5.82 Å². The van der Waals surface area contributed by atoms with Gasteiger partial charge in [0.05, 0.1) is 16.3 Å². The Labute approximate surface area is 130 Å². The summed E-state index contributed by atoms with van der Waals surface area (Å²) in [5.74, 6) is 0.720. The van der Waals surface area contributed by atoms with Crippen LogP contribution in [0.15, 0.2) is 53.4 Å². The molecule has 0 unspecified atom stereocenters. The molecule has 1 aromatic heterocycles. The Balaban J connectivity index is 1.66. The summed E-state index contributed by atoms with van der Waals surface area (Å²) < 4.78 is 0. The van der Waals surface area contributed by atoms with E-state index in [-0.39, 0.29) is 11.7 Å². The fourth-order valence-electron chi connectivity index (χ4n) is 1.93. The van der Waals surface area contributed by atoms with Crippen LogP contribution in [0.1, 0.15) is 0 Å². The van der Waals surface area contributed by atoms with Gasteiger partial charge in [0.25, 0.3) is 0 Å². The van der Waals surface area contributed by atoms with Crippen molar-refractivity contribution in [2.75, 3.05) is 11.1 Å². The molecule has 2 aromatic carbocycles. The lowest BCUT2D eigenvalue weighted by Gasteiger charge is -2.04. The molecule has 0 saturated heterocycles. The van der Waals surface area contributed by atoms with E-state index in [0.717, 1.165) is 15.8 Å². The molecule has 0 fully saturated rings. The Morgan fingerprint density at radius 3 is 2.81 bits per heavy atom. The van der Waals surface area contributed by atoms with E-state index in [1.165, 1.54) is 11.8 Å². The van der Waals surface area contributed by atoms with E-state index in [2.05, 4.69) is 15.5 Å². The monoisotopic (exact) mass is 317 g/mol. The molecule has 21 heavy (non-hydrogen) atoms. The summed E-state index contributed by atoms with van der Waals surface area (Å²) in [5, 5.41) is 11.4. The van der Waals surface area contributed by atoms with Crippen LogP contribution in [0.3, 0.4) is 0 Å². The topological polar surface area (TPSA) is 57.8 Å². The molecule has 1 heterocycles. The number of benzene rings is 2. The normalized spacial score (nSPS) is 10.7. The summed E-state index contributed by atoms with van der Waals surface area (Å²) >= 11 is 7.46. The average molecular weight is 318 g/mol. The van der Waals surface area contributed by atoms with Crippen molar-refractivity contribution in [1.29, 1.82) is 0 Å². The maximum atomic E-state index is 12.0. The first-order valence-electron chi connectivity index (χ1n) is 6.34. The van der Waals surface area contributed by atoms with Gasteiger partial charge in [0.2, 0.25) is 5.91 Å². The predicted octanol–water partition coefficient (Wildman–Crippen LogP) is 3.95. The first kappa shape index (κ1) is 14.0. The smallest absolute Gasteiger partial charge is 0.235 e. The molecule has 0 aliphatic carbocycles. The van der Waals surface area contributed by atoms with Crippen molar-refractivity contribution in [3.8, 4) is 0 Å². The van der Waals surface area contributed by atoms with E-state index < -0.39 is 0 Å². The fraction of sp³-hybridized carbons (Fsp3) is 0.0667. The number of halogens is 1. The van der Waals surface area contributed by atoms with Gasteiger partial charge in [-0.05, 0) is 24.3 Å². The minimum absolute atomic E-state index is 0.114. The zero-order valence-corrected chi connectivity index (χ0v) is 12.5. The average Bonchev–Trinajstić information content (AvgIpc) is 2.90. The van der Waals surface area contributed by atoms with Crippen LogP contribution in [0.2, 0.25) is 5.02 Å². The summed E-state index contributed by atoms with van der Waals surface area (Å²) in [6.07, 6.45) is 0. The number of rotatable bonds is 4. The second kappa shape index (κ2) is 6.20. The number of carbonyl (C=O) groups is 1. The van der Waals surface area contributed by atoms with Gasteiger partial charge in [0.1, 0.15) is 0 Å². The molecule has 106 valence electrons. The molecule has 4 nitrogen and oxygen atoms in total. The lowest BCUT2D eigenvalue weighted by Crippen LogP contribution is -2.14. The van der Waals surface area contributed by atoms with Crippen molar-refractivity contribution in [3.05, 3.63) is 53.6 Å². The number of aromatic amines is 1. The molecule has 0 atom stereocenters. The highest BCUT2D eigenvalue weighted by Crippen LogP contribution is 2.27. The van der Waals surface area contributed by atoms with Crippen LogP contribution in [-0.2, 0) is 4.79 Å². The van der Waals surface area contributed by atoms with Crippen molar-refractivity contribution in [2.45, 2.75) is 4.90 Å². The quantitative estimate of drug-likeness (QED) is 0.716. The van der Waals surface area contributed by atoms with Gasteiger partial charge in [-0.15, -0.1) is 11.8 Å².